The minimum absolute atomic E-state index is 0.105. The average molecular weight is 350 g/mol. The van der Waals surface area contributed by atoms with E-state index in [1.165, 1.54) is 17.2 Å². The topological polar surface area (TPSA) is 28.7 Å². The van der Waals surface area contributed by atoms with E-state index in [1.807, 2.05) is 48.5 Å². The second kappa shape index (κ2) is 6.96. The number of rotatable bonds is 4. The van der Waals surface area contributed by atoms with E-state index >= 15 is 0 Å². The van der Waals surface area contributed by atoms with Crippen LogP contribution >= 0.6 is 0 Å². The fourth-order valence-electron chi connectivity index (χ4n) is 3.02. The number of allylic oxidation sites excluding steroid dienone is 2. The molecule has 0 radical (unpaired) electrons. The van der Waals surface area contributed by atoms with Crippen molar-refractivity contribution in [3.05, 3.63) is 102 Å². The highest BCUT2D eigenvalue weighted by atomic mass is 19.3. The highest BCUT2D eigenvalue weighted by Crippen LogP contribution is 2.37. The highest BCUT2D eigenvalue weighted by molar-refractivity contribution is 6.10. The van der Waals surface area contributed by atoms with Gasteiger partial charge in [-0.3, -0.25) is 4.99 Å². The van der Waals surface area contributed by atoms with Gasteiger partial charge in [0.25, 0.3) is 6.43 Å². The molecule has 0 saturated heterocycles. The largest absolute Gasteiger partial charge is 0.465 e. The summed E-state index contributed by atoms with van der Waals surface area (Å²) < 4.78 is 33.4. The van der Waals surface area contributed by atoms with E-state index < -0.39 is 12.6 Å². The molecular formula is C21H16F2N2O. The normalized spacial score (nSPS) is 17.2. The van der Waals surface area contributed by atoms with Gasteiger partial charge in [-0.05, 0) is 35.9 Å². The third-order valence-electron chi connectivity index (χ3n) is 4.19. The molecule has 1 aliphatic heterocycles. The van der Waals surface area contributed by atoms with Crippen molar-refractivity contribution < 1.29 is 13.2 Å². The van der Waals surface area contributed by atoms with Crippen molar-refractivity contribution in [2.45, 2.75) is 12.6 Å². The molecule has 26 heavy (non-hydrogen) atoms. The predicted molar refractivity (Wildman–Crippen MR) is 97.4 cm³/mol. The lowest BCUT2D eigenvalue weighted by molar-refractivity contribution is 0.182. The molecule has 0 spiro atoms. The van der Waals surface area contributed by atoms with E-state index in [4.69, 9.17) is 9.41 Å². The second-order valence-corrected chi connectivity index (χ2v) is 5.84. The molecule has 130 valence electrons. The van der Waals surface area contributed by atoms with Gasteiger partial charge in [-0.25, -0.2) is 8.78 Å². The number of para-hydroxylation sites is 1. The molecule has 3 aromatic rings. The molecule has 5 heteroatoms. The van der Waals surface area contributed by atoms with Crippen LogP contribution in [0.2, 0.25) is 0 Å². The number of alkyl halides is 2. The predicted octanol–water partition coefficient (Wildman–Crippen LogP) is 5.44. The summed E-state index contributed by atoms with van der Waals surface area (Å²) in [4.78, 5) is 6.25. The summed E-state index contributed by atoms with van der Waals surface area (Å²) in [6, 6.07) is 21.8. The highest BCUT2D eigenvalue weighted by Gasteiger charge is 2.33. The molecule has 0 amide bonds. The zero-order chi connectivity index (χ0) is 17.9. The van der Waals surface area contributed by atoms with E-state index in [0.29, 0.717) is 17.2 Å². The SMILES string of the molecule is FC(F)C1=CC(c2ccccc2)=NC(c2ccco2)N1c1ccccc1. The maximum Gasteiger partial charge on any atom is 0.278 e. The zero-order valence-corrected chi connectivity index (χ0v) is 13.8. The van der Waals surface area contributed by atoms with Crippen LogP contribution in [0.5, 0.6) is 0 Å². The first-order chi connectivity index (χ1) is 12.7. The summed E-state index contributed by atoms with van der Waals surface area (Å²) in [5.74, 6) is 0.508. The number of halogens is 2. The Labute approximate surface area is 149 Å². The van der Waals surface area contributed by atoms with Crippen LogP contribution in [0.25, 0.3) is 0 Å². The molecule has 0 aliphatic carbocycles. The van der Waals surface area contributed by atoms with E-state index in [0.717, 1.165) is 5.56 Å². The number of hydrogen-bond donors (Lipinski definition) is 0. The van der Waals surface area contributed by atoms with Gasteiger partial charge in [-0.1, -0.05) is 48.5 Å². The molecule has 1 atom stereocenters. The molecule has 1 unspecified atom stereocenters. The minimum Gasteiger partial charge on any atom is -0.465 e. The van der Waals surface area contributed by atoms with Gasteiger partial charge in [0.15, 0.2) is 6.17 Å². The monoisotopic (exact) mass is 350 g/mol. The summed E-state index contributed by atoms with van der Waals surface area (Å²) in [6.45, 7) is 0. The number of furan rings is 1. The summed E-state index contributed by atoms with van der Waals surface area (Å²) in [5.41, 5.74) is 1.83. The Kier molecular flexibility index (Phi) is 4.35. The Balaban J connectivity index is 1.88. The molecule has 2 aromatic carbocycles. The van der Waals surface area contributed by atoms with Crippen LogP contribution < -0.4 is 4.90 Å². The van der Waals surface area contributed by atoms with E-state index in [9.17, 15) is 8.78 Å². The van der Waals surface area contributed by atoms with E-state index in [-0.39, 0.29) is 5.70 Å². The Morgan fingerprint density at radius 1 is 0.885 bits per heavy atom. The van der Waals surface area contributed by atoms with Crippen LogP contribution in [0.15, 0.2) is 100 Å². The Hall–Kier alpha value is -3.21. The maximum absolute atomic E-state index is 14.0. The summed E-state index contributed by atoms with van der Waals surface area (Å²) in [7, 11) is 0. The zero-order valence-electron chi connectivity index (χ0n) is 13.8. The lowest BCUT2D eigenvalue weighted by Crippen LogP contribution is -2.34. The molecule has 1 aliphatic rings. The first-order valence-electron chi connectivity index (χ1n) is 8.24. The Bertz CT molecular complexity index is 919. The first kappa shape index (κ1) is 16.3. The maximum atomic E-state index is 14.0. The van der Waals surface area contributed by atoms with Crippen molar-refractivity contribution in [1.29, 1.82) is 0 Å². The lowest BCUT2D eigenvalue weighted by atomic mass is 10.0. The molecule has 3 nitrogen and oxygen atoms in total. The van der Waals surface area contributed by atoms with E-state index in [2.05, 4.69) is 0 Å². The summed E-state index contributed by atoms with van der Waals surface area (Å²) in [5, 5.41) is 0. The quantitative estimate of drug-likeness (QED) is 0.627. The van der Waals surface area contributed by atoms with Gasteiger partial charge < -0.3 is 9.32 Å². The standard InChI is InChI=1S/C21H16F2N2O/c22-20(23)18-14-17(15-8-3-1-4-9-15)24-21(19-12-7-13-26-19)25(18)16-10-5-2-6-11-16/h1-14,20-21H. The number of benzene rings is 2. The van der Waals surface area contributed by atoms with Crippen LogP contribution in [-0.4, -0.2) is 12.1 Å². The molecule has 0 N–H and O–H groups in total. The second-order valence-electron chi connectivity index (χ2n) is 5.84. The van der Waals surface area contributed by atoms with Gasteiger partial charge in [-0.15, -0.1) is 0 Å². The van der Waals surface area contributed by atoms with Gasteiger partial charge in [0.1, 0.15) is 5.76 Å². The van der Waals surface area contributed by atoms with Crippen LogP contribution in [0, 0.1) is 0 Å². The molecule has 0 fully saturated rings. The smallest absolute Gasteiger partial charge is 0.278 e. The van der Waals surface area contributed by atoms with Gasteiger partial charge >= 0.3 is 0 Å². The summed E-state index contributed by atoms with van der Waals surface area (Å²) >= 11 is 0. The number of aliphatic imine (C=N–C) groups is 1. The van der Waals surface area contributed by atoms with Gasteiger partial charge in [-0.2, -0.15) is 0 Å². The Morgan fingerprint density at radius 3 is 2.19 bits per heavy atom. The van der Waals surface area contributed by atoms with Crippen LogP contribution in [0.4, 0.5) is 14.5 Å². The third-order valence-corrected chi connectivity index (χ3v) is 4.19. The van der Waals surface area contributed by atoms with Crippen molar-refractivity contribution in [2.24, 2.45) is 4.99 Å². The van der Waals surface area contributed by atoms with Crippen LogP contribution in [0.3, 0.4) is 0 Å². The fourth-order valence-corrected chi connectivity index (χ4v) is 3.02. The average Bonchev–Trinajstić information content (AvgIpc) is 3.23. The third kappa shape index (κ3) is 3.04. The first-order valence-corrected chi connectivity index (χ1v) is 8.24. The number of nitrogens with zero attached hydrogens (tertiary/aromatic N) is 2. The number of hydrogen-bond acceptors (Lipinski definition) is 3. The number of anilines is 1. The van der Waals surface area contributed by atoms with Gasteiger partial charge in [0.2, 0.25) is 0 Å². The molecule has 0 bridgehead atoms. The molecule has 0 saturated carbocycles. The van der Waals surface area contributed by atoms with Gasteiger partial charge in [0.05, 0.1) is 17.7 Å². The van der Waals surface area contributed by atoms with Gasteiger partial charge in [0, 0.05) is 5.69 Å². The Morgan fingerprint density at radius 2 is 1.58 bits per heavy atom. The van der Waals surface area contributed by atoms with E-state index in [1.54, 1.807) is 24.3 Å². The lowest BCUT2D eigenvalue weighted by Gasteiger charge is -2.35. The van der Waals surface area contributed by atoms with Crippen LogP contribution in [-0.2, 0) is 0 Å². The van der Waals surface area contributed by atoms with Crippen LogP contribution in [0.1, 0.15) is 17.5 Å². The molecule has 1 aromatic heterocycles. The van der Waals surface area contributed by atoms with Crippen molar-refractivity contribution >= 4 is 11.4 Å². The summed E-state index contributed by atoms with van der Waals surface area (Å²) in [6.07, 6.45) is -0.373. The van der Waals surface area contributed by atoms with Crippen molar-refractivity contribution in [3.63, 3.8) is 0 Å². The minimum atomic E-state index is -2.65. The van der Waals surface area contributed by atoms with Crippen molar-refractivity contribution in [2.75, 3.05) is 4.90 Å². The molecular weight excluding hydrogens is 334 g/mol. The fraction of sp³-hybridized carbons (Fsp3) is 0.0952. The molecule has 4 rings (SSSR count). The van der Waals surface area contributed by atoms with Crippen molar-refractivity contribution in [3.8, 4) is 0 Å². The van der Waals surface area contributed by atoms with Crippen molar-refractivity contribution in [1.82, 2.24) is 0 Å². The molecule has 2 heterocycles.